The first kappa shape index (κ1) is 13.9. The van der Waals surface area contributed by atoms with E-state index in [1.165, 1.54) is 18.2 Å². The molecule has 0 aliphatic carbocycles. The Morgan fingerprint density at radius 1 is 1.15 bits per heavy atom. The number of halogens is 3. The summed E-state index contributed by atoms with van der Waals surface area (Å²) in [6, 6.07) is 5.03. The molecule has 0 aromatic heterocycles. The standard InChI is InChI=1S/C14H10F3NO2/c1-7-4-9(19)2-3-10(7)14(20)18-12-6-8(15)5-11(16)13(12)17/h2-6,19H,1H3,(H,18,20). The van der Waals surface area contributed by atoms with Crippen molar-refractivity contribution in [1.82, 2.24) is 0 Å². The van der Waals surface area contributed by atoms with E-state index in [-0.39, 0.29) is 11.3 Å². The van der Waals surface area contributed by atoms with Gasteiger partial charge in [-0.2, -0.15) is 0 Å². The third kappa shape index (κ3) is 2.74. The molecule has 0 saturated heterocycles. The van der Waals surface area contributed by atoms with Crippen LogP contribution in [0.15, 0.2) is 30.3 Å². The third-order valence-corrected chi connectivity index (χ3v) is 2.70. The Balaban J connectivity index is 2.32. The van der Waals surface area contributed by atoms with Crippen molar-refractivity contribution in [2.45, 2.75) is 6.92 Å². The summed E-state index contributed by atoms with van der Waals surface area (Å²) < 4.78 is 39.5. The fourth-order valence-corrected chi connectivity index (χ4v) is 1.74. The molecule has 3 nitrogen and oxygen atoms in total. The Bertz CT molecular complexity index is 686. The van der Waals surface area contributed by atoms with Gasteiger partial charge in [-0.15, -0.1) is 0 Å². The summed E-state index contributed by atoms with van der Waals surface area (Å²) in [5, 5.41) is 11.3. The number of phenols is 1. The van der Waals surface area contributed by atoms with Crippen molar-refractivity contribution in [1.29, 1.82) is 0 Å². The number of aromatic hydroxyl groups is 1. The van der Waals surface area contributed by atoms with Crippen LogP contribution in [0.3, 0.4) is 0 Å². The molecule has 0 aliphatic heterocycles. The van der Waals surface area contributed by atoms with Crippen molar-refractivity contribution < 1.29 is 23.1 Å². The zero-order chi connectivity index (χ0) is 14.9. The van der Waals surface area contributed by atoms with Gasteiger partial charge >= 0.3 is 0 Å². The van der Waals surface area contributed by atoms with E-state index < -0.39 is 29.0 Å². The molecule has 0 radical (unpaired) electrons. The monoisotopic (exact) mass is 281 g/mol. The molecule has 104 valence electrons. The second-order valence-corrected chi connectivity index (χ2v) is 4.20. The van der Waals surface area contributed by atoms with Crippen LogP contribution in [0.5, 0.6) is 5.75 Å². The maximum atomic E-state index is 13.4. The first-order valence-electron chi connectivity index (χ1n) is 5.64. The van der Waals surface area contributed by atoms with Crippen LogP contribution < -0.4 is 5.32 Å². The smallest absolute Gasteiger partial charge is 0.256 e. The molecule has 2 N–H and O–H groups in total. The highest BCUT2D eigenvalue weighted by atomic mass is 19.2. The Morgan fingerprint density at radius 2 is 1.85 bits per heavy atom. The van der Waals surface area contributed by atoms with E-state index in [9.17, 15) is 23.1 Å². The van der Waals surface area contributed by atoms with Crippen molar-refractivity contribution in [3.8, 4) is 5.75 Å². The Kier molecular flexibility index (Phi) is 3.65. The summed E-state index contributed by atoms with van der Waals surface area (Å²) in [6.45, 7) is 1.57. The van der Waals surface area contributed by atoms with Gasteiger partial charge in [0, 0.05) is 17.7 Å². The molecule has 0 heterocycles. The van der Waals surface area contributed by atoms with Crippen LogP contribution in [-0.4, -0.2) is 11.0 Å². The lowest BCUT2D eigenvalue weighted by Gasteiger charge is -2.09. The fraction of sp³-hybridized carbons (Fsp3) is 0.0714. The molecule has 1 amide bonds. The molecule has 0 fully saturated rings. The third-order valence-electron chi connectivity index (χ3n) is 2.70. The summed E-state index contributed by atoms with van der Waals surface area (Å²) >= 11 is 0. The number of amides is 1. The number of aryl methyl sites for hydroxylation is 1. The predicted molar refractivity (Wildman–Crippen MR) is 67.1 cm³/mol. The second-order valence-electron chi connectivity index (χ2n) is 4.20. The summed E-state index contributed by atoms with van der Waals surface area (Å²) in [5.41, 5.74) is 0.0200. The largest absolute Gasteiger partial charge is 0.508 e. The molecule has 2 aromatic carbocycles. The van der Waals surface area contributed by atoms with E-state index in [4.69, 9.17) is 0 Å². The van der Waals surface area contributed by atoms with E-state index >= 15 is 0 Å². The summed E-state index contributed by atoms with van der Waals surface area (Å²) in [5.74, 6) is -4.48. The predicted octanol–water partition coefficient (Wildman–Crippen LogP) is 3.37. The minimum absolute atomic E-state index is 0.0259. The van der Waals surface area contributed by atoms with Gasteiger partial charge in [0.2, 0.25) is 0 Å². The van der Waals surface area contributed by atoms with E-state index in [0.717, 1.165) is 0 Å². The molecule has 0 unspecified atom stereocenters. The van der Waals surface area contributed by atoms with Crippen LogP contribution in [0, 0.1) is 24.4 Å². The van der Waals surface area contributed by atoms with Crippen LogP contribution in [0.1, 0.15) is 15.9 Å². The van der Waals surface area contributed by atoms with Gasteiger partial charge in [-0.05, 0) is 30.7 Å². The SMILES string of the molecule is Cc1cc(O)ccc1C(=O)Nc1cc(F)cc(F)c1F. The van der Waals surface area contributed by atoms with Crippen LogP contribution in [0.25, 0.3) is 0 Å². The van der Waals surface area contributed by atoms with Gasteiger partial charge in [0.15, 0.2) is 11.6 Å². The zero-order valence-electron chi connectivity index (χ0n) is 10.4. The number of hydrogen-bond acceptors (Lipinski definition) is 2. The second kappa shape index (κ2) is 5.24. The minimum atomic E-state index is -1.39. The number of benzene rings is 2. The first-order chi connectivity index (χ1) is 9.38. The highest BCUT2D eigenvalue weighted by Crippen LogP contribution is 2.21. The lowest BCUT2D eigenvalue weighted by atomic mass is 10.1. The van der Waals surface area contributed by atoms with E-state index in [0.29, 0.717) is 17.7 Å². The number of nitrogens with one attached hydrogen (secondary N) is 1. The normalized spacial score (nSPS) is 10.4. The molecular weight excluding hydrogens is 271 g/mol. The Morgan fingerprint density at radius 3 is 2.50 bits per heavy atom. The van der Waals surface area contributed by atoms with Gasteiger partial charge in [0.1, 0.15) is 11.6 Å². The van der Waals surface area contributed by atoms with Crippen LogP contribution in [0.4, 0.5) is 18.9 Å². The average molecular weight is 281 g/mol. The van der Waals surface area contributed by atoms with Crippen molar-refractivity contribution in [3.05, 3.63) is 58.9 Å². The number of phenolic OH excluding ortho intramolecular Hbond substituents is 1. The Labute approximate surface area is 112 Å². The van der Waals surface area contributed by atoms with Crippen LogP contribution >= 0.6 is 0 Å². The van der Waals surface area contributed by atoms with Crippen molar-refractivity contribution in [3.63, 3.8) is 0 Å². The molecule has 2 aromatic rings. The van der Waals surface area contributed by atoms with Gasteiger partial charge in [0.25, 0.3) is 5.91 Å². The topological polar surface area (TPSA) is 49.3 Å². The molecule has 0 saturated carbocycles. The van der Waals surface area contributed by atoms with E-state index in [2.05, 4.69) is 5.32 Å². The highest BCUT2D eigenvalue weighted by molar-refractivity contribution is 6.05. The van der Waals surface area contributed by atoms with Gasteiger partial charge in [-0.1, -0.05) is 0 Å². The van der Waals surface area contributed by atoms with Gasteiger partial charge in [0.05, 0.1) is 5.69 Å². The average Bonchev–Trinajstić information content (AvgIpc) is 2.35. The van der Waals surface area contributed by atoms with Crippen LogP contribution in [0.2, 0.25) is 0 Å². The van der Waals surface area contributed by atoms with Crippen molar-refractivity contribution >= 4 is 11.6 Å². The lowest BCUT2D eigenvalue weighted by Crippen LogP contribution is -2.15. The number of carbonyl (C=O) groups is 1. The minimum Gasteiger partial charge on any atom is -0.508 e. The van der Waals surface area contributed by atoms with Gasteiger partial charge in [-0.3, -0.25) is 4.79 Å². The molecular formula is C14H10F3NO2. The highest BCUT2D eigenvalue weighted by Gasteiger charge is 2.15. The lowest BCUT2D eigenvalue weighted by molar-refractivity contribution is 0.102. The first-order valence-corrected chi connectivity index (χ1v) is 5.64. The molecule has 0 aliphatic rings. The summed E-state index contributed by atoms with van der Waals surface area (Å²) in [6.07, 6.45) is 0. The van der Waals surface area contributed by atoms with E-state index in [1.54, 1.807) is 6.92 Å². The van der Waals surface area contributed by atoms with Crippen LogP contribution in [-0.2, 0) is 0 Å². The van der Waals surface area contributed by atoms with Crippen molar-refractivity contribution in [2.75, 3.05) is 5.32 Å². The number of hydrogen-bond donors (Lipinski definition) is 2. The van der Waals surface area contributed by atoms with Gasteiger partial charge in [-0.25, -0.2) is 13.2 Å². The molecule has 0 atom stereocenters. The number of carbonyl (C=O) groups excluding carboxylic acids is 1. The van der Waals surface area contributed by atoms with Crippen molar-refractivity contribution in [2.24, 2.45) is 0 Å². The molecule has 0 spiro atoms. The zero-order valence-corrected chi connectivity index (χ0v) is 10.4. The molecule has 6 heteroatoms. The number of anilines is 1. The fourth-order valence-electron chi connectivity index (χ4n) is 1.74. The summed E-state index contributed by atoms with van der Waals surface area (Å²) in [7, 11) is 0. The molecule has 20 heavy (non-hydrogen) atoms. The Hall–Kier alpha value is -2.50. The number of rotatable bonds is 2. The van der Waals surface area contributed by atoms with E-state index in [1.807, 2.05) is 0 Å². The molecule has 2 rings (SSSR count). The maximum absolute atomic E-state index is 13.4. The molecule has 0 bridgehead atoms. The maximum Gasteiger partial charge on any atom is 0.256 e. The quantitative estimate of drug-likeness (QED) is 0.829. The summed E-state index contributed by atoms with van der Waals surface area (Å²) in [4.78, 5) is 11.9. The van der Waals surface area contributed by atoms with Gasteiger partial charge < -0.3 is 10.4 Å².